The smallest absolute Gasteiger partial charge is 0.131 e. The molecule has 0 aromatic carbocycles. The van der Waals surface area contributed by atoms with Crippen LogP contribution in [0.15, 0.2) is 53.6 Å². The lowest BCUT2D eigenvalue weighted by atomic mass is 9.91. The highest BCUT2D eigenvalue weighted by molar-refractivity contribution is 7.07. The van der Waals surface area contributed by atoms with Crippen LogP contribution in [0.5, 0.6) is 0 Å². The van der Waals surface area contributed by atoms with Crippen molar-refractivity contribution in [2.45, 2.75) is 25.3 Å². The predicted octanol–water partition coefficient (Wildman–Crippen LogP) is 4.06. The van der Waals surface area contributed by atoms with Gasteiger partial charge in [-0.2, -0.15) is 0 Å². The zero-order valence-corrected chi connectivity index (χ0v) is 14.8. The molecule has 0 amide bonds. The number of rotatable bonds is 5. The zero-order chi connectivity index (χ0) is 16.9. The third-order valence-electron chi connectivity index (χ3n) is 4.55. The predicted molar refractivity (Wildman–Crippen MR) is 101 cm³/mol. The van der Waals surface area contributed by atoms with Gasteiger partial charge in [0.2, 0.25) is 0 Å². The van der Waals surface area contributed by atoms with Crippen LogP contribution in [-0.2, 0) is 6.54 Å². The summed E-state index contributed by atoms with van der Waals surface area (Å²) in [6.07, 6.45) is 6.12. The minimum Gasteiger partial charge on any atom is -0.325 e. The van der Waals surface area contributed by atoms with E-state index in [2.05, 4.69) is 42.7 Å². The number of aromatic nitrogens is 3. The summed E-state index contributed by atoms with van der Waals surface area (Å²) in [7, 11) is 0. The molecule has 0 aliphatic carbocycles. The molecule has 5 nitrogen and oxygen atoms in total. The van der Waals surface area contributed by atoms with E-state index in [0.717, 1.165) is 31.3 Å². The summed E-state index contributed by atoms with van der Waals surface area (Å²) >= 11 is 1.67. The van der Waals surface area contributed by atoms with Crippen molar-refractivity contribution in [3.8, 4) is 0 Å². The number of piperidine rings is 1. The molecule has 128 valence electrons. The third kappa shape index (κ3) is 4.21. The van der Waals surface area contributed by atoms with Crippen molar-refractivity contribution >= 4 is 23.0 Å². The Kier molecular flexibility index (Phi) is 4.99. The second-order valence-corrected chi connectivity index (χ2v) is 7.09. The van der Waals surface area contributed by atoms with Gasteiger partial charge in [-0.15, -0.1) is 11.3 Å². The number of likely N-dealkylation sites (tertiary alicyclic amines) is 1. The molecule has 0 saturated carbocycles. The Bertz CT molecular complexity index is 791. The normalized spacial score (nSPS) is 18.2. The number of pyridine rings is 2. The maximum Gasteiger partial charge on any atom is 0.131 e. The van der Waals surface area contributed by atoms with E-state index in [-0.39, 0.29) is 0 Å². The number of anilines is 2. The first kappa shape index (κ1) is 16.2. The molecule has 4 rings (SSSR count). The van der Waals surface area contributed by atoms with E-state index < -0.39 is 0 Å². The average Bonchev–Trinajstić information content (AvgIpc) is 3.16. The third-order valence-corrected chi connectivity index (χ3v) is 5.19. The summed E-state index contributed by atoms with van der Waals surface area (Å²) in [6, 6.07) is 10.1. The molecule has 1 aliphatic heterocycles. The van der Waals surface area contributed by atoms with E-state index >= 15 is 0 Å². The van der Waals surface area contributed by atoms with Crippen LogP contribution >= 0.6 is 11.3 Å². The Balaban J connectivity index is 1.44. The van der Waals surface area contributed by atoms with Crippen LogP contribution in [0, 0.1) is 0 Å². The lowest BCUT2D eigenvalue weighted by Gasteiger charge is -2.32. The topological polar surface area (TPSA) is 53.9 Å². The van der Waals surface area contributed by atoms with Gasteiger partial charge in [0.05, 0.1) is 11.2 Å². The Morgan fingerprint density at radius 1 is 1.12 bits per heavy atom. The Morgan fingerprint density at radius 3 is 2.92 bits per heavy atom. The molecule has 1 fully saturated rings. The Labute approximate surface area is 151 Å². The molecule has 4 heterocycles. The highest BCUT2D eigenvalue weighted by Gasteiger charge is 2.22. The van der Waals surface area contributed by atoms with E-state index in [9.17, 15) is 0 Å². The first-order chi connectivity index (χ1) is 12.4. The molecule has 0 unspecified atom stereocenters. The van der Waals surface area contributed by atoms with Gasteiger partial charge in [0, 0.05) is 30.9 Å². The summed E-state index contributed by atoms with van der Waals surface area (Å²) < 4.78 is 0. The lowest BCUT2D eigenvalue weighted by Crippen LogP contribution is -2.34. The molecule has 0 bridgehead atoms. The highest BCUT2D eigenvalue weighted by Crippen LogP contribution is 2.29. The molecule has 1 atom stereocenters. The second kappa shape index (κ2) is 7.72. The van der Waals surface area contributed by atoms with Crippen molar-refractivity contribution in [3.05, 3.63) is 64.9 Å². The molecule has 1 N–H and O–H groups in total. The quantitative estimate of drug-likeness (QED) is 0.751. The molecule has 0 spiro atoms. The fraction of sp³-hybridized carbons (Fsp3) is 0.316. The molecule has 3 aromatic rings. The van der Waals surface area contributed by atoms with Crippen LogP contribution in [0.25, 0.3) is 0 Å². The van der Waals surface area contributed by atoms with Crippen LogP contribution < -0.4 is 5.32 Å². The lowest BCUT2D eigenvalue weighted by molar-refractivity contribution is 0.198. The van der Waals surface area contributed by atoms with Crippen molar-refractivity contribution in [2.75, 3.05) is 18.4 Å². The summed E-state index contributed by atoms with van der Waals surface area (Å²) in [5.74, 6) is 2.22. The summed E-state index contributed by atoms with van der Waals surface area (Å²) in [5, 5.41) is 5.43. The van der Waals surface area contributed by atoms with Crippen molar-refractivity contribution in [2.24, 2.45) is 0 Å². The fourth-order valence-electron chi connectivity index (χ4n) is 3.35. The molecular weight excluding hydrogens is 330 g/mol. The average molecular weight is 351 g/mol. The first-order valence-corrected chi connectivity index (χ1v) is 9.54. The number of thiazole rings is 1. The molecule has 1 aliphatic rings. The van der Waals surface area contributed by atoms with E-state index in [1.165, 1.54) is 24.1 Å². The molecule has 6 heteroatoms. The molecular formula is C19H21N5S. The van der Waals surface area contributed by atoms with Gasteiger partial charge in [-0.25, -0.2) is 15.0 Å². The zero-order valence-electron chi connectivity index (χ0n) is 14.0. The van der Waals surface area contributed by atoms with Crippen molar-refractivity contribution in [1.82, 2.24) is 19.9 Å². The Hall–Kier alpha value is -2.31. The van der Waals surface area contributed by atoms with Gasteiger partial charge in [-0.1, -0.05) is 6.07 Å². The maximum absolute atomic E-state index is 4.44. The number of nitrogens with zero attached hydrogens (tertiary/aromatic N) is 4. The van der Waals surface area contributed by atoms with Crippen LogP contribution in [0.3, 0.4) is 0 Å². The summed E-state index contributed by atoms with van der Waals surface area (Å²) in [6.45, 7) is 3.17. The van der Waals surface area contributed by atoms with Gasteiger partial charge in [-0.3, -0.25) is 4.90 Å². The van der Waals surface area contributed by atoms with Gasteiger partial charge >= 0.3 is 0 Å². The number of hydrogen-bond donors (Lipinski definition) is 1. The largest absolute Gasteiger partial charge is 0.325 e. The summed E-state index contributed by atoms with van der Waals surface area (Å²) in [4.78, 5) is 15.7. The SMILES string of the molecule is c1ccc(Nc2cc([C@@H]3CCCN(Cc4cscn4)C3)ccn2)nc1. The maximum atomic E-state index is 4.44. The van der Waals surface area contributed by atoms with Gasteiger partial charge < -0.3 is 5.32 Å². The van der Waals surface area contributed by atoms with Gasteiger partial charge in [0.15, 0.2) is 0 Å². The van der Waals surface area contributed by atoms with E-state index in [0.29, 0.717) is 5.92 Å². The van der Waals surface area contributed by atoms with E-state index in [1.54, 1.807) is 17.5 Å². The van der Waals surface area contributed by atoms with Crippen molar-refractivity contribution in [1.29, 1.82) is 0 Å². The van der Waals surface area contributed by atoms with Crippen LogP contribution in [-0.4, -0.2) is 32.9 Å². The van der Waals surface area contributed by atoms with E-state index in [4.69, 9.17) is 0 Å². The van der Waals surface area contributed by atoms with Crippen LogP contribution in [0.4, 0.5) is 11.6 Å². The van der Waals surface area contributed by atoms with Gasteiger partial charge in [-0.05, 0) is 55.1 Å². The fourth-order valence-corrected chi connectivity index (χ4v) is 3.90. The molecule has 25 heavy (non-hydrogen) atoms. The van der Waals surface area contributed by atoms with Crippen LogP contribution in [0.1, 0.15) is 30.0 Å². The molecule has 0 radical (unpaired) electrons. The Morgan fingerprint density at radius 2 is 2.08 bits per heavy atom. The van der Waals surface area contributed by atoms with Crippen LogP contribution in [0.2, 0.25) is 0 Å². The molecule has 3 aromatic heterocycles. The molecule has 1 saturated heterocycles. The van der Waals surface area contributed by atoms with Crippen molar-refractivity contribution < 1.29 is 0 Å². The first-order valence-electron chi connectivity index (χ1n) is 8.60. The minimum absolute atomic E-state index is 0.541. The highest BCUT2D eigenvalue weighted by atomic mass is 32.1. The van der Waals surface area contributed by atoms with Crippen molar-refractivity contribution in [3.63, 3.8) is 0 Å². The summed E-state index contributed by atoms with van der Waals surface area (Å²) in [5.41, 5.74) is 4.43. The number of nitrogens with one attached hydrogen (secondary N) is 1. The van der Waals surface area contributed by atoms with Gasteiger partial charge in [0.1, 0.15) is 11.6 Å². The van der Waals surface area contributed by atoms with E-state index in [1.807, 2.05) is 29.9 Å². The minimum atomic E-state index is 0.541. The monoisotopic (exact) mass is 351 g/mol. The second-order valence-electron chi connectivity index (χ2n) is 6.37. The van der Waals surface area contributed by atoms with Gasteiger partial charge in [0.25, 0.3) is 0 Å². The number of hydrogen-bond acceptors (Lipinski definition) is 6. The standard InChI is InChI=1S/C19H21N5S/c1-2-7-20-18(5-1)23-19-10-15(6-8-21-19)16-4-3-9-24(11-16)12-17-13-25-14-22-17/h1-2,5-8,10,13-14,16H,3-4,9,11-12H2,(H,20,21,23)/t16-/m1/s1.